The summed E-state index contributed by atoms with van der Waals surface area (Å²) >= 11 is 0. The van der Waals surface area contributed by atoms with E-state index in [4.69, 9.17) is 14.2 Å². The summed E-state index contributed by atoms with van der Waals surface area (Å²) in [6.45, 7) is 12.2. The van der Waals surface area contributed by atoms with Crippen LogP contribution in [0, 0.1) is 0 Å². The first-order chi connectivity index (χ1) is 11.8. The molecule has 0 spiro atoms. The molecule has 0 aliphatic carbocycles. The van der Waals surface area contributed by atoms with Crippen LogP contribution in [0.4, 0.5) is 0 Å². The molecule has 2 unspecified atom stereocenters. The predicted molar refractivity (Wildman–Crippen MR) is 100 cm³/mol. The Morgan fingerprint density at radius 2 is 1.16 bits per heavy atom. The van der Waals surface area contributed by atoms with Gasteiger partial charge in [0.15, 0.2) is 11.6 Å². The van der Waals surface area contributed by atoms with E-state index in [1.165, 1.54) is 0 Å². The van der Waals surface area contributed by atoms with Crippen LogP contribution in [0.2, 0.25) is 0 Å². The minimum Gasteiger partial charge on any atom is -0.390 e. The highest BCUT2D eigenvalue weighted by Crippen LogP contribution is 2.22. The zero-order valence-electron chi connectivity index (χ0n) is 17.4. The molecule has 0 saturated carbocycles. The number of methoxy groups -OCH3 is 1. The van der Waals surface area contributed by atoms with Gasteiger partial charge in [-0.25, -0.2) is 0 Å². The Morgan fingerprint density at radius 1 is 0.760 bits per heavy atom. The van der Waals surface area contributed by atoms with Crippen molar-refractivity contribution in [2.45, 2.75) is 104 Å². The first-order valence-corrected chi connectivity index (χ1v) is 9.73. The van der Waals surface area contributed by atoms with Crippen molar-refractivity contribution in [2.75, 3.05) is 20.3 Å². The van der Waals surface area contributed by atoms with Gasteiger partial charge in [-0.3, -0.25) is 0 Å². The van der Waals surface area contributed by atoms with Crippen LogP contribution < -0.4 is 0 Å². The van der Waals surface area contributed by atoms with E-state index in [1.807, 2.05) is 41.5 Å². The first kappa shape index (κ1) is 27.0. The minimum atomic E-state index is -1.14. The Hall–Kier alpha value is -0.240. The normalized spacial score (nSPS) is 14.6. The van der Waals surface area contributed by atoms with Crippen LogP contribution in [-0.4, -0.2) is 59.4 Å². The van der Waals surface area contributed by atoms with E-state index in [0.717, 1.165) is 12.8 Å². The maximum Gasteiger partial charge on any atom is 0.167 e. The van der Waals surface area contributed by atoms with Crippen LogP contribution >= 0.6 is 0 Å². The molecular formula is C19H42O6. The van der Waals surface area contributed by atoms with Gasteiger partial charge < -0.3 is 29.5 Å². The molecule has 25 heavy (non-hydrogen) atoms. The fraction of sp³-hybridized carbons (Fsp3) is 1.00. The number of hydrogen-bond acceptors (Lipinski definition) is 6. The summed E-state index contributed by atoms with van der Waals surface area (Å²) in [5.74, 6) is -1.76. The number of ether oxygens (including phenoxy) is 3. The largest absolute Gasteiger partial charge is 0.390 e. The Labute approximate surface area is 154 Å². The van der Waals surface area contributed by atoms with Crippen LogP contribution in [0.3, 0.4) is 0 Å². The molecule has 0 aromatic carbocycles. The lowest BCUT2D eigenvalue weighted by atomic mass is 10.1. The van der Waals surface area contributed by atoms with E-state index in [-0.39, 0.29) is 13.0 Å². The third-order valence-corrected chi connectivity index (χ3v) is 4.56. The summed E-state index contributed by atoms with van der Waals surface area (Å²) in [5.41, 5.74) is 0. The van der Waals surface area contributed by atoms with Gasteiger partial charge in [0.25, 0.3) is 0 Å². The van der Waals surface area contributed by atoms with Crippen LogP contribution in [0.5, 0.6) is 0 Å². The average molecular weight is 367 g/mol. The summed E-state index contributed by atoms with van der Waals surface area (Å²) < 4.78 is 16.5. The maximum atomic E-state index is 9.99. The SMILES string of the molecule is CC.CCC(O)(CC)OCCC(O)C(O)CCOC(CC)(CC)OC. The summed E-state index contributed by atoms with van der Waals surface area (Å²) in [5, 5.41) is 29.9. The molecule has 6 heteroatoms. The zero-order chi connectivity index (χ0) is 19.9. The molecule has 3 N–H and O–H groups in total. The number of aliphatic hydroxyl groups is 3. The van der Waals surface area contributed by atoms with Crippen molar-refractivity contribution in [1.29, 1.82) is 0 Å². The van der Waals surface area contributed by atoms with Crippen molar-refractivity contribution >= 4 is 0 Å². The van der Waals surface area contributed by atoms with Gasteiger partial charge in [0.2, 0.25) is 0 Å². The molecule has 0 aromatic heterocycles. The number of hydrogen-bond donors (Lipinski definition) is 3. The second kappa shape index (κ2) is 14.9. The molecule has 0 amide bonds. The van der Waals surface area contributed by atoms with Crippen molar-refractivity contribution < 1.29 is 29.5 Å². The topological polar surface area (TPSA) is 88.4 Å². The second-order valence-electron chi connectivity index (χ2n) is 5.88. The Kier molecular flexibility index (Phi) is 16.1. The van der Waals surface area contributed by atoms with Gasteiger partial charge in [-0.2, -0.15) is 0 Å². The van der Waals surface area contributed by atoms with E-state index in [0.29, 0.717) is 25.9 Å². The lowest BCUT2D eigenvalue weighted by Crippen LogP contribution is -2.36. The third kappa shape index (κ3) is 10.5. The van der Waals surface area contributed by atoms with E-state index in [9.17, 15) is 15.3 Å². The van der Waals surface area contributed by atoms with Crippen molar-refractivity contribution in [3.63, 3.8) is 0 Å². The van der Waals surface area contributed by atoms with Gasteiger partial charge >= 0.3 is 0 Å². The standard InChI is InChI=1S/C17H36O6.C2H6/c1-6-16(20,7-2)22-12-10-14(18)15(19)11-13-23-17(8-3,9-4)21-5;1-2/h14-15,18-20H,6-13H2,1-5H3;1-2H3. The molecule has 6 nitrogen and oxygen atoms in total. The average Bonchev–Trinajstić information content (AvgIpc) is 2.66. The number of aliphatic hydroxyl groups excluding tert-OH is 2. The fourth-order valence-electron chi connectivity index (χ4n) is 2.38. The van der Waals surface area contributed by atoms with Gasteiger partial charge in [0, 0.05) is 7.11 Å². The highest BCUT2D eigenvalue weighted by molar-refractivity contribution is 4.70. The van der Waals surface area contributed by atoms with Gasteiger partial charge in [-0.05, 0) is 38.5 Å². The van der Waals surface area contributed by atoms with Gasteiger partial charge in [-0.15, -0.1) is 0 Å². The third-order valence-electron chi connectivity index (χ3n) is 4.56. The highest BCUT2D eigenvalue weighted by atomic mass is 16.7. The van der Waals surface area contributed by atoms with E-state index in [2.05, 4.69) is 0 Å². The summed E-state index contributed by atoms with van der Waals surface area (Å²) in [4.78, 5) is 0. The highest BCUT2D eigenvalue weighted by Gasteiger charge is 2.27. The smallest absolute Gasteiger partial charge is 0.167 e. The number of rotatable bonds is 14. The zero-order valence-corrected chi connectivity index (χ0v) is 17.4. The van der Waals surface area contributed by atoms with Crippen molar-refractivity contribution in [2.24, 2.45) is 0 Å². The molecule has 154 valence electrons. The lowest BCUT2D eigenvalue weighted by molar-refractivity contribution is -0.230. The lowest BCUT2D eigenvalue weighted by Gasteiger charge is -2.31. The van der Waals surface area contributed by atoms with Crippen LogP contribution in [0.1, 0.15) is 80.1 Å². The Balaban J connectivity index is 0. The van der Waals surface area contributed by atoms with E-state index >= 15 is 0 Å². The summed E-state index contributed by atoms with van der Waals surface area (Å²) in [6.07, 6.45) is 1.21. The Bertz CT molecular complexity index is 281. The van der Waals surface area contributed by atoms with Gasteiger partial charge in [-0.1, -0.05) is 41.5 Å². The first-order valence-electron chi connectivity index (χ1n) is 9.73. The quantitative estimate of drug-likeness (QED) is 0.409. The van der Waals surface area contributed by atoms with Crippen molar-refractivity contribution in [3.8, 4) is 0 Å². The second-order valence-corrected chi connectivity index (χ2v) is 5.88. The molecule has 0 heterocycles. The van der Waals surface area contributed by atoms with Gasteiger partial charge in [0.1, 0.15) is 0 Å². The molecule has 2 atom stereocenters. The minimum absolute atomic E-state index is 0.198. The molecule has 0 aliphatic heterocycles. The van der Waals surface area contributed by atoms with Crippen LogP contribution in [-0.2, 0) is 14.2 Å². The molecule has 0 rings (SSSR count). The molecule has 0 radical (unpaired) electrons. The molecule has 0 saturated heterocycles. The molecular weight excluding hydrogens is 324 g/mol. The molecule has 0 aromatic rings. The van der Waals surface area contributed by atoms with Crippen molar-refractivity contribution in [1.82, 2.24) is 0 Å². The van der Waals surface area contributed by atoms with E-state index < -0.39 is 23.8 Å². The molecule has 0 aliphatic rings. The fourth-order valence-corrected chi connectivity index (χ4v) is 2.38. The van der Waals surface area contributed by atoms with E-state index in [1.54, 1.807) is 7.11 Å². The van der Waals surface area contributed by atoms with Crippen molar-refractivity contribution in [3.05, 3.63) is 0 Å². The van der Waals surface area contributed by atoms with Crippen LogP contribution in [0.25, 0.3) is 0 Å². The molecule has 0 fully saturated rings. The summed E-state index contributed by atoms with van der Waals surface area (Å²) in [6, 6.07) is 0. The van der Waals surface area contributed by atoms with Crippen LogP contribution in [0.15, 0.2) is 0 Å². The molecule has 0 bridgehead atoms. The summed E-state index contributed by atoms with van der Waals surface area (Å²) in [7, 11) is 1.61. The Morgan fingerprint density at radius 3 is 1.48 bits per heavy atom. The monoisotopic (exact) mass is 366 g/mol. The predicted octanol–water partition coefficient (Wildman–Crippen LogP) is 3.22. The van der Waals surface area contributed by atoms with Gasteiger partial charge in [0.05, 0.1) is 25.4 Å². The maximum absolute atomic E-state index is 9.99.